The molecular formula is C23H26N6O3S2. The molecule has 11 heteroatoms. The van der Waals surface area contributed by atoms with Crippen molar-refractivity contribution >= 4 is 34.5 Å². The van der Waals surface area contributed by atoms with E-state index < -0.39 is 11.6 Å². The average molecular weight is 499 g/mol. The van der Waals surface area contributed by atoms with E-state index in [2.05, 4.69) is 20.7 Å². The number of nitrogens with one attached hydrogen (secondary N) is 1. The van der Waals surface area contributed by atoms with Gasteiger partial charge in [-0.2, -0.15) is 4.80 Å². The minimum Gasteiger partial charge on any atom is -0.458 e. The number of amides is 2. The third-order valence-corrected chi connectivity index (χ3v) is 6.57. The van der Waals surface area contributed by atoms with Crippen LogP contribution in [0.25, 0.3) is 11.6 Å². The van der Waals surface area contributed by atoms with Crippen LogP contribution in [0.1, 0.15) is 42.3 Å². The van der Waals surface area contributed by atoms with E-state index in [1.54, 1.807) is 11.0 Å². The van der Waals surface area contributed by atoms with E-state index in [-0.39, 0.29) is 24.9 Å². The third-order valence-electron chi connectivity index (χ3n) is 4.79. The average Bonchev–Trinajstić information content (AvgIpc) is 3.55. The molecule has 4 rings (SSSR count). The van der Waals surface area contributed by atoms with Gasteiger partial charge in [-0.1, -0.05) is 12.1 Å². The lowest BCUT2D eigenvalue weighted by Gasteiger charge is -2.32. The number of hydrogen-bond donors (Lipinski definition) is 1. The molecule has 4 aromatic rings. The van der Waals surface area contributed by atoms with Crippen LogP contribution in [0.15, 0.2) is 51.6 Å². The van der Waals surface area contributed by atoms with Crippen molar-refractivity contribution in [2.24, 2.45) is 0 Å². The van der Waals surface area contributed by atoms with E-state index in [9.17, 15) is 9.59 Å². The van der Waals surface area contributed by atoms with Gasteiger partial charge in [0.25, 0.3) is 0 Å². The zero-order valence-electron chi connectivity index (χ0n) is 19.4. The van der Waals surface area contributed by atoms with Crippen molar-refractivity contribution in [2.75, 3.05) is 0 Å². The van der Waals surface area contributed by atoms with Crippen LogP contribution in [0.5, 0.6) is 0 Å². The van der Waals surface area contributed by atoms with Gasteiger partial charge in [-0.05, 0) is 67.9 Å². The Bertz CT molecular complexity index is 1240. The predicted molar refractivity (Wildman–Crippen MR) is 130 cm³/mol. The van der Waals surface area contributed by atoms with E-state index >= 15 is 0 Å². The Hall–Kier alpha value is -3.31. The molecule has 0 bridgehead atoms. The maximum absolute atomic E-state index is 13.6. The smallest absolute Gasteiger partial charge is 0.248 e. The molecule has 34 heavy (non-hydrogen) atoms. The summed E-state index contributed by atoms with van der Waals surface area (Å²) < 4.78 is 5.55. The largest absolute Gasteiger partial charge is 0.458 e. The summed E-state index contributed by atoms with van der Waals surface area (Å²) in [6.45, 7) is 7.70. The summed E-state index contributed by atoms with van der Waals surface area (Å²) in [5.74, 6) is 0.973. The minimum absolute atomic E-state index is 0.164. The van der Waals surface area contributed by atoms with Gasteiger partial charge in [0.15, 0.2) is 5.76 Å². The van der Waals surface area contributed by atoms with E-state index in [4.69, 9.17) is 4.42 Å². The Morgan fingerprint density at radius 1 is 1.15 bits per heavy atom. The second kappa shape index (κ2) is 9.90. The zero-order valence-corrected chi connectivity index (χ0v) is 21.0. The molecule has 0 spiro atoms. The van der Waals surface area contributed by atoms with Crippen molar-refractivity contribution in [3.63, 3.8) is 0 Å². The van der Waals surface area contributed by atoms with Crippen molar-refractivity contribution in [1.82, 2.24) is 30.4 Å². The second-order valence-corrected chi connectivity index (χ2v) is 10.8. The number of aryl methyl sites for hydroxylation is 1. The molecule has 0 aliphatic carbocycles. The van der Waals surface area contributed by atoms with Gasteiger partial charge >= 0.3 is 0 Å². The summed E-state index contributed by atoms with van der Waals surface area (Å²) >= 11 is 2.97. The van der Waals surface area contributed by atoms with Crippen molar-refractivity contribution in [3.8, 4) is 11.6 Å². The molecule has 0 saturated heterocycles. The van der Waals surface area contributed by atoms with Gasteiger partial charge in [-0.15, -0.1) is 32.9 Å². The van der Waals surface area contributed by atoms with Crippen LogP contribution in [0.2, 0.25) is 0 Å². The Labute approximate surface area is 205 Å². The lowest BCUT2D eigenvalue weighted by atomic mass is 10.1. The Morgan fingerprint density at radius 3 is 2.53 bits per heavy atom. The number of carbonyl (C=O) groups excluding carboxylic acids is 2. The highest BCUT2D eigenvalue weighted by Crippen LogP contribution is 2.29. The summed E-state index contributed by atoms with van der Waals surface area (Å²) in [7, 11) is 0. The molecule has 0 aliphatic heterocycles. The molecule has 0 aliphatic rings. The fraction of sp³-hybridized carbons (Fsp3) is 0.348. The van der Waals surface area contributed by atoms with Gasteiger partial charge in [-0.3, -0.25) is 9.59 Å². The number of rotatable bonds is 8. The molecule has 178 valence electrons. The quantitative estimate of drug-likeness (QED) is 0.393. The van der Waals surface area contributed by atoms with Crippen LogP contribution in [0.4, 0.5) is 0 Å². The van der Waals surface area contributed by atoms with Gasteiger partial charge in [0, 0.05) is 15.3 Å². The topological polar surface area (TPSA) is 106 Å². The summed E-state index contributed by atoms with van der Waals surface area (Å²) in [6.07, 6.45) is 0. The van der Waals surface area contributed by atoms with Crippen LogP contribution in [-0.4, -0.2) is 42.5 Å². The maximum atomic E-state index is 13.6. The Balaban J connectivity index is 1.63. The standard InChI is InChI=1S/C23H26N6O3S2/c1-15-9-10-17(32-15)21-25-27-29(26-21)14-19(30)28(13-16-7-5-11-33-16)20(18-8-6-12-34-18)22(31)24-23(2,3)4/h5-12,20H,13-14H2,1-4H3,(H,24,31). The third kappa shape index (κ3) is 5.78. The molecule has 9 nitrogen and oxygen atoms in total. The van der Waals surface area contributed by atoms with Gasteiger partial charge in [-0.25, -0.2) is 0 Å². The first-order valence-corrected chi connectivity index (χ1v) is 12.5. The van der Waals surface area contributed by atoms with E-state index in [0.29, 0.717) is 11.6 Å². The zero-order chi connectivity index (χ0) is 24.3. The highest BCUT2D eigenvalue weighted by molar-refractivity contribution is 7.10. The van der Waals surface area contributed by atoms with Crippen LogP contribution >= 0.6 is 22.7 Å². The predicted octanol–water partition coefficient (Wildman–Crippen LogP) is 4.05. The van der Waals surface area contributed by atoms with Crippen molar-refractivity contribution < 1.29 is 14.0 Å². The van der Waals surface area contributed by atoms with E-state index in [1.807, 2.05) is 68.8 Å². The first kappa shape index (κ1) is 23.8. The van der Waals surface area contributed by atoms with E-state index in [1.165, 1.54) is 27.5 Å². The summed E-state index contributed by atoms with van der Waals surface area (Å²) in [4.78, 5) is 31.6. The minimum atomic E-state index is -0.787. The molecule has 0 radical (unpaired) electrons. The first-order valence-electron chi connectivity index (χ1n) is 10.7. The molecular weight excluding hydrogens is 472 g/mol. The highest BCUT2D eigenvalue weighted by atomic mass is 32.1. The van der Waals surface area contributed by atoms with Crippen molar-refractivity contribution in [2.45, 2.75) is 52.4 Å². The van der Waals surface area contributed by atoms with Crippen molar-refractivity contribution in [1.29, 1.82) is 0 Å². The maximum Gasteiger partial charge on any atom is 0.248 e. The Morgan fingerprint density at radius 2 is 1.91 bits per heavy atom. The van der Waals surface area contributed by atoms with Gasteiger partial charge < -0.3 is 14.6 Å². The number of carbonyl (C=O) groups is 2. The van der Waals surface area contributed by atoms with Crippen LogP contribution in [-0.2, 0) is 22.7 Å². The van der Waals surface area contributed by atoms with Gasteiger partial charge in [0.2, 0.25) is 17.6 Å². The molecule has 4 aromatic heterocycles. The van der Waals surface area contributed by atoms with Crippen LogP contribution < -0.4 is 5.32 Å². The molecule has 1 N–H and O–H groups in total. The molecule has 1 atom stereocenters. The summed E-state index contributed by atoms with van der Waals surface area (Å²) in [5, 5.41) is 19.2. The molecule has 0 fully saturated rings. The molecule has 2 amide bonds. The van der Waals surface area contributed by atoms with Gasteiger partial charge in [0.05, 0.1) is 6.54 Å². The number of thiophene rings is 2. The number of furan rings is 1. The summed E-state index contributed by atoms with van der Waals surface area (Å²) in [5.41, 5.74) is -0.451. The molecule has 0 saturated carbocycles. The number of tetrazole rings is 1. The Kier molecular flexibility index (Phi) is 6.94. The van der Waals surface area contributed by atoms with E-state index in [0.717, 1.165) is 15.5 Å². The lowest BCUT2D eigenvalue weighted by molar-refractivity contribution is -0.142. The highest BCUT2D eigenvalue weighted by Gasteiger charge is 2.34. The molecule has 0 aromatic carbocycles. The number of hydrogen-bond acceptors (Lipinski definition) is 8. The fourth-order valence-corrected chi connectivity index (χ4v) is 4.92. The number of nitrogens with zero attached hydrogens (tertiary/aromatic N) is 5. The lowest BCUT2D eigenvalue weighted by Crippen LogP contribution is -2.49. The first-order chi connectivity index (χ1) is 16.2. The molecule has 1 unspecified atom stereocenters. The number of aromatic nitrogens is 4. The second-order valence-electron chi connectivity index (χ2n) is 8.81. The van der Waals surface area contributed by atoms with Crippen LogP contribution in [0.3, 0.4) is 0 Å². The van der Waals surface area contributed by atoms with Gasteiger partial charge in [0.1, 0.15) is 18.3 Å². The van der Waals surface area contributed by atoms with Crippen molar-refractivity contribution in [3.05, 3.63) is 62.7 Å². The summed E-state index contributed by atoms with van der Waals surface area (Å²) in [6, 6.07) is 10.4. The normalized spacial score (nSPS) is 12.5. The van der Waals surface area contributed by atoms with Crippen LogP contribution in [0, 0.1) is 6.92 Å². The monoisotopic (exact) mass is 498 g/mol. The SMILES string of the molecule is Cc1ccc(-c2nnn(CC(=O)N(Cc3cccs3)C(C(=O)NC(C)(C)C)c3cccs3)n2)o1. The fourth-order valence-electron chi connectivity index (χ4n) is 3.38. The molecule has 4 heterocycles.